The summed E-state index contributed by atoms with van der Waals surface area (Å²) in [6.07, 6.45) is 6.09. The van der Waals surface area contributed by atoms with Crippen molar-refractivity contribution in [1.29, 1.82) is 0 Å². The Balaban J connectivity index is 0.000000418. The third-order valence-electron chi connectivity index (χ3n) is 5.34. The van der Waals surface area contributed by atoms with Gasteiger partial charge in [-0.1, -0.05) is 54.6 Å². The van der Waals surface area contributed by atoms with E-state index in [0.717, 1.165) is 6.42 Å². The Morgan fingerprint density at radius 2 is 1.55 bits per heavy atom. The van der Waals surface area contributed by atoms with Gasteiger partial charge in [-0.05, 0) is 16.7 Å². The smallest absolute Gasteiger partial charge is 0.221 e. The third-order valence-corrected chi connectivity index (χ3v) is 5.34. The van der Waals surface area contributed by atoms with Gasteiger partial charge >= 0.3 is 0 Å². The van der Waals surface area contributed by atoms with Gasteiger partial charge in [0.05, 0.1) is 15.7 Å². The van der Waals surface area contributed by atoms with Crippen molar-refractivity contribution in [2.75, 3.05) is 25.3 Å². The first kappa shape index (κ1) is 21.0. The molecule has 1 aliphatic rings. The number of hydrogen-bond acceptors (Lipinski definition) is 4. The van der Waals surface area contributed by atoms with Gasteiger partial charge in [-0.3, -0.25) is 0 Å². The molecule has 0 atom stereocenters. The van der Waals surface area contributed by atoms with Gasteiger partial charge in [0.1, 0.15) is 0 Å². The molecule has 0 saturated heterocycles. The summed E-state index contributed by atoms with van der Waals surface area (Å²) in [6, 6.07) is 24.1. The molecule has 6 heteroatoms. The van der Waals surface area contributed by atoms with Crippen LogP contribution in [0.5, 0.6) is 0 Å². The zero-order valence-corrected chi connectivity index (χ0v) is 18.6. The maximum absolute atomic E-state index is 9.08. The van der Waals surface area contributed by atoms with Gasteiger partial charge in [0.25, 0.3) is 0 Å². The van der Waals surface area contributed by atoms with Crippen LogP contribution in [-0.2, 0) is 16.5 Å². The van der Waals surface area contributed by atoms with Crippen LogP contribution in [0, 0.1) is 0 Å². The minimum Gasteiger partial charge on any atom is -0.748 e. The molecule has 0 unspecified atom stereocenters. The summed E-state index contributed by atoms with van der Waals surface area (Å²) in [6.45, 7) is 0. The molecule has 2 aromatic carbocycles. The molecule has 0 saturated carbocycles. The van der Waals surface area contributed by atoms with E-state index in [1.165, 1.54) is 44.6 Å². The van der Waals surface area contributed by atoms with Crippen LogP contribution in [0.3, 0.4) is 0 Å². The molecule has 0 radical (unpaired) electrons. The van der Waals surface area contributed by atoms with E-state index >= 15 is 0 Å². The van der Waals surface area contributed by atoms with E-state index < -0.39 is 10.1 Å². The molecule has 31 heavy (non-hydrogen) atoms. The van der Waals surface area contributed by atoms with Gasteiger partial charge < -0.3 is 9.45 Å². The number of anilines is 1. The van der Waals surface area contributed by atoms with Crippen LogP contribution in [0.25, 0.3) is 27.8 Å². The second-order valence-electron chi connectivity index (χ2n) is 7.88. The quantitative estimate of drug-likeness (QED) is 0.314. The average molecular weight is 433 g/mol. The molecule has 0 spiro atoms. The first-order valence-corrected chi connectivity index (χ1v) is 11.8. The van der Waals surface area contributed by atoms with E-state index in [-0.39, 0.29) is 0 Å². The molecule has 158 valence electrons. The van der Waals surface area contributed by atoms with Gasteiger partial charge in [0, 0.05) is 55.7 Å². The standard InChI is InChI=1S/C24H21N2.CH4O3S/c1-25(2)20-12-13-26-16-19-14-18-10-6-7-11-21(18)23(19)24(22(26)15-20)17-8-4-3-5-9-17;1-5(2,3)4/h3-13,15-16H,14H2,1-2H3;1H3,(H,2,3,4)/q+1;/p-1. The van der Waals surface area contributed by atoms with Crippen LogP contribution in [0.2, 0.25) is 0 Å². The lowest BCUT2D eigenvalue weighted by Gasteiger charge is -2.14. The second-order valence-corrected chi connectivity index (χ2v) is 9.29. The molecule has 2 heterocycles. The summed E-state index contributed by atoms with van der Waals surface area (Å²) in [4.78, 5) is 2.16. The monoisotopic (exact) mass is 432 g/mol. The van der Waals surface area contributed by atoms with Crippen LogP contribution >= 0.6 is 0 Å². The highest BCUT2D eigenvalue weighted by Gasteiger charge is 2.28. The summed E-state index contributed by atoms with van der Waals surface area (Å²) < 4.78 is 29.5. The Morgan fingerprint density at radius 1 is 0.903 bits per heavy atom. The Kier molecular flexibility index (Phi) is 5.52. The van der Waals surface area contributed by atoms with E-state index in [4.69, 9.17) is 13.0 Å². The largest absolute Gasteiger partial charge is 0.748 e. The van der Waals surface area contributed by atoms with Gasteiger partial charge in [0.15, 0.2) is 12.4 Å². The van der Waals surface area contributed by atoms with Crippen LogP contribution < -0.4 is 9.30 Å². The highest BCUT2D eigenvalue weighted by molar-refractivity contribution is 7.84. The van der Waals surface area contributed by atoms with Crippen molar-refractivity contribution in [1.82, 2.24) is 0 Å². The van der Waals surface area contributed by atoms with Gasteiger partial charge in [-0.15, -0.1) is 0 Å². The summed E-state index contributed by atoms with van der Waals surface area (Å²) in [5, 5.41) is 0. The summed E-state index contributed by atoms with van der Waals surface area (Å²) in [5.41, 5.74) is 10.7. The second kappa shape index (κ2) is 8.13. The normalized spacial score (nSPS) is 12.0. The maximum Gasteiger partial charge on any atom is 0.221 e. The number of rotatable bonds is 2. The number of fused-ring (bicyclic) bond motifs is 4. The van der Waals surface area contributed by atoms with Gasteiger partial charge in [-0.2, -0.15) is 4.40 Å². The highest BCUT2D eigenvalue weighted by atomic mass is 32.2. The minimum atomic E-state index is -3.92. The first-order valence-electron chi connectivity index (χ1n) is 9.95. The first-order chi connectivity index (χ1) is 14.7. The lowest BCUT2D eigenvalue weighted by atomic mass is 9.94. The van der Waals surface area contributed by atoms with E-state index in [2.05, 4.69) is 103 Å². The Labute approximate surface area is 183 Å². The lowest BCUT2D eigenvalue weighted by Crippen LogP contribution is -2.24. The van der Waals surface area contributed by atoms with Crippen molar-refractivity contribution in [2.24, 2.45) is 0 Å². The molecule has 5 nitrogen and oxygen atoms in total. The molecule has 5 rings (SSSR count). The lowest BCUT2D eigenvalue weighted by molar-refractivity contribution is -0.511. The molecule has 2 aromatic heterocycles. The molecule has 1 aliphatic carbocycles. The van der Waals surface area contributed by atoms with Gasteiger partial charge in [0.2, 0.25) is 5.52 Å². The number of pyridine rings is 2. The third kappa shape index (κ3) is 4.45. The molecule has 4 aromatic rings. The van der Waals surface area contributed by atoms with Crippen molar-refractivity contribution < 1.29 is 17.4 Å². The predicted molar refractivity (Wildman–Crippen MR) is 123 cm³/mol. The van der Waals surface area contributed by atoms with Crippen LogP contribution in [-0.4, -0.2) is 33.3 Å². The minimum absolute atomic E-state index is 0.604. The van der Waals surface area contributed by atoms with Crippen LogP contribution in [0.1, 0.15) is 11.1 Å². The molecule has 0 bridgehead atoms. The zero-order valence-electron chi connectivity index (χ0n) is 17.7. The SMILES string of the molecule is CN(C)c1cc[n+]2cc3c(c(-c4ccccc4)c2c1)-c1ccccc1C3.CS(=O)(=O)[O-]. The molecular formula is C25H24N2O3S. The number of nitrogens with zero attached hydrogens (tertiary/aromatic N) is 2. The summed E-state index contributed by atoms with van der Waals surface area (Å²) in [5.74, 6) is 0. The van der Waals surface area contributed by atoms with E-state index in [9.17, 15) is 0 Å². The average Bonchev–Trinajstić information content (AvgIpc) is 3.09. The topological polar surface area (TPSA) is 64.5 Å². The number of hydrogen-bond donors (Lipinski definition) is 0. The van der Waals surface area contributed by atoms with Gasteiger partial charge in [-0.25, -0.2) is 8.42 Å². The fourth-order valence-corrected chi connectivity index (χ4v) is 4.08. The van der Waals surface area contributed by atoms with E-state index in [1.54, 1.807) is 0 Å². The molecule has 0 fully saturated rings. The van der Waals surface area contributed by atoms with Crippen molar-refractivity contribution in [3.63, 3.8) is 0 Å². The Bertz CT molecular complexity index is 1360. The number of aromatic nitrogens is 1. The molecule has 0 aliphatic heterocycles. The van der Waals surface area contributed by atoms with E-state index in [1.807, 2.05) is 0 Å². The van der Waals surface area contributed by atoms with Crippen LogP contribution in [0.15, 0.2) is 79.1 Å². The zero-order chi connectivity index (χ0) is 22.2. The fourth-order valence-electron chi connectivity index (χ4n) is 4.08. The number of benzene rings is 2. The van der Waals surface area contributed by atoms with Crippen molar-refractivity contribution in [3.05, 3.63) is 90.3 Å². The predicted octanol–water partition coefficient (Wildman–Crippen LogP) is 3.89. The Morgan fingerprint density at radius 3 is 2.23 bits per heavy atom. The Hall–Kier alpha value is -3.22. The van der Waals surface area contributed by atoms with Crippen molar-refractivity contribution in [2.45, 2.75) is 6.42 Å². The highest BCUT2D eigenvalue weighted by Crippen LogP contribution is 2.43. The maximum atomic E-state index is 9.08. The fraction of sp³-hybridized carbons (Fsp3) is 0.160. The van der Waals surface area contributed by atoms with Crippen LogP contribution in [0.4, 0.5) is 5.69 Å². The van der Waals surface area contributed by atoms with Crippen molar-refractivity contribution in [3.8, 4) is 22.3 Å². The van der Waals surface area contributed by atoms with E-state index in [0.29, 0.717) is 6.26 Å². The summed E-state index contributed by atoms with van der Waals surface area (Å²) >= 11 is 0. The molecule has 0 amide bonds. The molecular weight excluding hydrogens is 408 g/mol. The molecule has 0 N–H and O–H groups in total. The van der Waals surface area contributed by atoms with Crippen molar-refractivity contribution >= 4 is 21.3 Å². The summed E-state index contributed by atoms with van der Waals surface area (Å²) in [7, 11) is 0.271.